The van der Waals surface area contributed by atoms with Gasteiger partial charge in [0, 0.05) is 0 Å². The molecule has 154 valence electrons. The van der Waals surface area contributed by atoms with Crippen LogP contribution in [-0.2, 0) is 11.2 Å². The number of nitrogens with one attached hydrogen (secondary N) is 1. The first-order valence-corrected chi connectivity index (χ1v) is 9.40. The predicted molar refractivity (Wildman–Crippen MR) is 109 cm³/mol. The van der Waals surface area contributed by atoms with Crippen molar-refractivity contribution in [3.8, 4) is 0 Å². The molecule has 0 aromatic heterocycles. The second-order valence-corrected chi connectivity index (χ2v) is 7.06. The Kier molecular flexibility index (Phi) is 11.0. The zero-order valence-corrected chi connectivity index (χ0v) is 16.7. The highest BCUT2D eigenvalue weighted by Crippen LogP contribution is 2.15. The molecule has 1 amide bonds. The predicted octanol–water partition coefficient (Wildman–Crippen LogP) is 2.54. The molecule has 0 aliphatic carbocycles. The third kappa shape index (κ3) is 7.73. The van der Waals surface area contributed by atoms with Crippen LogP contribution in [0.5, 0.6) is 0 Å². The number of hydrogen-bond donors (Lipinski definition) is 4. The SMILES string of the molecule is C=CC=C(C=CCc1ccc(C(O)CO)cc1)C(O)C(CF)NC(=O)C(Cl)Cl. The molecule has 1 aromatic rings. The molecule has 3 atom stereocenters. The van der Waals surface area contributed by atoms with Crippen molar-refractivity contribution in [2.24, 2.45) is 0 Å². The van der Waals surface area contributed by atoms with E-state index in [9.17, 15) is 19.4 Å². The molecule has 0 radical (unpaired) electrons. The molecule has 1 rings (SSSR count). The van der Waals surface area contributed by atoms with E-state index in [0.717, 1.165) is 5.56 Å². The molecule has 1 aromatic carbocycles. The Bertz CT molecular complexity index is 692. The molecule has 0 fully saturated rings. The van der Waals surface area contributed by atoms with Crippen molar-refractivity contribution < 1.29 is 24.5 Å². The molecule has 5 nitrogen and oxygen atoms in total. The van der Waals surface area contributed by atoms with Gasteiger partial charge in [0.1, 0.15) is 18.9 Å². The van der Waals surface area contributed by atoms with Crippen LogP contribution in [0.4, 0.5) is 4.39 Å². The number of carbonyl (C=O) groups is 1. The fraction of sp³-hybridized carbons (Fsp3) is 0.350. The van der Waals surface area contributed by atoms with Crippen LogP contribution >= 0.6 is 23.2 Å². The Morgan fingerprint density at radius 1 is 1.25 bits per heavy atom. The summed E-state index contributed by atoms with van der Waals surface area (Å²) in [5.41, 5.74) is 1.89. The summed E-state index contributed by atoms with van der Waals surface area (Å²) < 4.78 is 13.3. The first-order chi connectivity index (χ1) is 13.3. The molecular weight excluding hydrogens is 408 g/mol. The van der Waals surface area contributed by atoms with Gasteiger partial charge in [-0.2, -0.15) is 0 Å². The highest BCUT2D eigenvalue weighted by Gasteiger charge is 2.25. The molecular formula is C20H24Cl2FNO4. The lowest BCUT2D eigenvalue weighted by Crippen LogP contribution is -2.47. The maximum Gasteiger partial charge on any atom is 0.253 e. The molecule has 0 saturated heterocycles. The van der Waals surface area contributed by atoms with Crippen LogP contribution in [0.3, 0.4) is 0 Å². The summed E-state index contributed by atoms with van der Waals surface area (Å²) in [7, 11) is 0. The average molecular weight is 432 g/mol. The van der Waals surface area contributed by atoms with Crippen LogP contribution in [0.1, 0.15) is 17.2 Å². The van der Waals surface area contributed by atoms with Crippen molar-refractivity contribution >= 4 is 29.1 Å². The number of rotatable bonds is 11. The summed E-state index contributed by atoms with van der Waals surface area (Å²) in [5, 5.41) is 31.2. The van der Waals surface area contributed by atoms with Crippen LogP contribution in [0.25, 0.3) is 0 Å². The lowest BCUT2D eigenvalue weighted by molar-refractivity contribution is -0.121. The highest BCUT2D eigenvalue weighted by molar-refractivity contribution is 6.53. The van der Waals surface area contributed by atoms with Crippen LogP contribution in [0.2, 0.25) is 0 Å². The Balaban J connectivity index is 2.81. The van der Waals surface area contributed by atoms with Crippen LogP contribution in [0.15, 0.2) is 60.7 Å². The highest BCUT2D eigenvalue weighted by atomic mass is 35.5. The van der Waals surface area contributed by atoms with Gasteiger partial charge in [-0.25, -0.2) is 4.39 Å². The largest absolute Gasteiger partial charge is 0.393 e. The van der Waals surface area contributed by atoms with Crippen molar-refractivity contribution in [3.05, 3.63) is 71.8 Å². The van der Waals surface area contributed by atoms with Gasteiger partial charge >= 0.3 is 0 Å². The standard InChI is InChI=1S/C20H24Cl2FNO4/c1-2-4-15(18(27)16(11-23)24-20(28)19(21)22)6-3-5-13-7-9-14(10-8-13)17(26)12-25/h2-4,6-10,16-19,25-27H,1,5,11-12H2,(H,24,28). The van der Waals surface area contributed by atoms with E-state index in [2.05, 4.69) is 11.9 Å². The molecule has 0 aliphatic heterocycles. The third-order valence-electron chi connectivity index (χ3n) is 3.93. The van der Waals surface area contributed by atoms with Gasteiger partial charge in [-0.1, -0.05) is 78.4 Å². The number of carbonyl (C=O) groups excluding carboxylic acids is 1. The second kappa shape index (κ2) is 12.7. The Hall–Kier alpha value is -1.70. The summed E-state index contributed by atoms with van der Waals surface area (Å²) in [6.07, 6.45) is 4.59. The summed E-state index contributed by atoms with van der Waals surface area (Å²) in [5.74, 6) is -0.794. The van der Waals surface area contributed by atoms with Gasteiger partial charge in [-0.15, -0.1) is 0 Å². The Morgan fingerprint density at radius 3 is 2.39 bits per heavy atom. The van der Waals surface area contributed by atoms with Gasteiger partial charge in [-0.05, 0) is 23.1 Å². The molecule has 3 unspecified atom stereocenters. The van der Waals surface area contributed by atoms with Gasteiger partial charge in [0.2, 0.25) is 0 Å². The summed E-state index contributed by atoms with van der Waals surface area (Å²) in [6.45, 7) is 2.21. The monoisotopic (exact) mass is 431 g/mol. The first-order valence-electron chi connectivity index (χ1n) is 8.53. The van der Waals surface area contributed by atoms with Crippen molar-refractivity contribution in [1.29, 1.82) is 0 Å². The van der Waals surface area contributed by atoms with Crippen molar-refractivity contribution in [2.75, 3.05) is 13.3 Å². The zero-order chi connectivity index (χ0) is 21.1. The maximum absolute atomic E-state index is 13.3. The van der Waals surface area contributed by atoms with Gasteiger partial charge in [-0.3, -0.25) is 4.79 Å². The van der Waals surface area contributed by atoms with Gasteiger partial charge in [0.25, 0.3) is 5.91 Å². The van der Waals surface area contributed by atoms with Crippen LogP contribution in [0, 0.1) is 0 Å². The van der Waals surface area contributed by atoms with Crippen molar-refractivity contribution in [3.63, 3.8) is 0 Å². The number of amides is 1. The minimum atomic E-state index is -1.36. The number of aliphatic hydroxyl groups is 3. The van der Waals surface area contributed by atoms with Gasteiger partial charge in [0.05, 0.1) is 12.6 Å². The van der Waals surface area contributed by atoms with E-state index in [-0.39, 0.29) is 6.61 Å². The summed E-state index contributed by atoms with van der Waals surface area (Å²) in [6, 6.07) is 5.82. The fourth-order valence-electron chi connectivity index (χ4n) is 2.38. The van der Waals surface area contributed by atoms with Crippen molar-refractivity contribution in [2.45, 2.75) is 29.5 Å². The Morgan fingerprint density at radius 2 is 1.89 bits per heavy atom. The van der Waals surface area contributed by atoms with Crippen LogP contribution in [-0.4, -0.2) is 51.5 Å². The maximum atomic E-state index is 13.3. The number of halogens is 3. The van der Waals surface area contributed by atoms with E-state index in [1.54, 1.807) is 36.4 Å². The summed E-state index contributed by atoms with van der Waals surface area (Å²) >= 11 is 10.9. The minimum Gasteiger partial charge on any atom is -0.393 e. The Labute approximate surface area is 173 Å². The quantitative estimate of drug-likeness (QED) is 0.320. The smallest absolute Gasteiger partial charge is 0.253 e. The molecule has 0 saturated carbocycles. The molecule has 0 aliphatic rings. The molecule has 0 heterocycles. The number of alkyl halides is 3. The van der Waals surface area contributed by atoms with Gasteiger partial charge < -0.3 is 20.6 Å². The molecule has 4 N–H and O–H groups in total. The van der Waals surface area contributed by atoms with E-state index >= 15 is 0 Å². The van der Waals surface area contributed by atoms with E-state index in [4.69, 9.17) is 28.3 Å². The van der Waals surface area contributed by atoms with E-state index in [1.165, 1.54) is 12.2 Å². The van der Waals surface area contributed by atoms with E-state index < -0.39 is 35.7 Å². The molecule has 28 heavy (non-hydrogen) atoms. The van der Waals surface area contributed by atoms with Crippen LogP contribution < -0.4 is 5.32 Å². The number of benzene rings is 1. The fourth-order valence-corrected chi connectivity index (χ4v) is 2.51. The van der Waals surface area contributed by atoms with Gasteiger partial charge in [0.15, 0.2) is 4.84 Å². The number of hydrogen-bond acceptors (Lipinski definition) is 4. The van der Waals surface area contributed by atoms with Crippen molar-refractivity contribution in [1.82, 2.24) is 5.32 Å². The lowest BCUT2D eigenvalue weighted by Gasteiger charge is -2.22. The molecule has 8 heteroatoms. The zero-order valence-electron chi connectivity index (χ0n) is 15.1. The minimum absolute atomic E-state index is 0.353. The molecule has 0 bridgehead atoms. The van der Waals surface area contributed by atoms with E-state index in [0.29, 0.717) is 17.6 Å². The first kappa shape index (κ1) is 24.3. The second-order valence-electron chi connectivity index (χ2n) is 5.96. The summed E-state index contributed by atoms with van der Waals surface area (Å²) in [4.78, 5) is 10.2. The lowest BCUT2D eigenvalue weighted by atomic mass is 10.0. The number of aliphatic hydroxyl groups excluding tert-OH is 3. The molecule has 0 spiro atoms. The third-order valence-corrected chi connectivity index (χ3v) is 4.32. The average Bonchev–Trinajstić information content (AvgIpc) is 2.70. The van der Waals surface area contributed by atoms with E-state index in [1.807, 2.05) is 0 Å². The normalized spacial score (nSPS) is 15.5. The number of allylic oxidation sites excluding steroid dienone is 3. The topological polar surface area (TPSA) is 89.8 Å².